The van der Waals surface area contributed by atoms with Crippen LogP contribution in [-0.4, -0.2) is 31.6 Å². The molecule has 2 aromatic carbocycles. The molecule has 0 aromatic heterocycles. The second-order valence-electron chi connectivity index (χ2n) is 5.95. The highest BCUT2D eigenvalue weighted by Gasteiger charge is 2.28. The van der Waals surface area contributed by atoms with E-state index < -0.39 is 27.4 Å². The van der Waals surface area contributed by atoms with E-state index in [9.17, 15) is 17.2 Å². The minimum Gasteiger partial charge on any atom is -0.212 e. The number of halogens is 2. The van der Waals surface area contributed by atoms with E-state index in [4.69, 9.17) is 0 Å². The number of nitrogens with zero attached hydrogens (tertiary/aromatic N) is 1. The number of sulfonamides is 1. The molecule has 1 saturated heterocycles. The maximum atomic E-state index is 13.8. The van der Waals surface area contributed by atoms with Gasteiger partial charge in [0.1, 0.15) is 11.6 Å². The fraction of sp³-hybridized carbons (Fsp3) is 0.333. The molecule has 2 aromatic rings. The molecule has 3 nitrogen and oxygen atoms in total. The SMILES string of the molecule is O=S(=O)(Cc1cc(F)ccc1F)N1CCSC(c2ccccc2)CC1. The number of rotatable bonds is 4. The highest BCUT2D eigenvalue weighted by molar-refractivity contribution is 7.99. The molecule has 0 amide bonds. The minimum atomic E-state index is -3.69. The maximum Gasteiger partial charge on any atom is 0.218 e. The summed E-state index contributed by atoms with van der Waals surface area (Å²) in [4.78, 5) is 0. The van der Waals surface area contributed by atoms with E-state index in [0.29, 0.717) is 25.3 Å². The summed E-state index contributed by atoms with van der Waals surface area (Å²) in [5, 5.41) is 0.243. The smallest absolute Gasteiger partial charge is 0.212 e. The quantitative estimate of drug-likeness (QED) is 0.802. The zero-order valence-electron chi connectivity index (χ0n) is 13.6. The van der Waals surface area contributed by atoms with Crippen molar-refractivity contribution in [2.75, 3.05) is 18.8 Å². The molecular weight excluding hydrogens is 364 g/mol. The van der Waals surface area contributed by atoms with Gasteiger partial charge >= 0.3 is 0 Å². The van der Waals surface area contributed by atoms with Gasteiger partial charge < -0.3 is 0 Å². The van der Waals surface area contributed by atoms with Crippen molar-refractivity contribution in [3.63, 3.8) is 0 Å². The molecule has 1 unspecified atom stereocenters. The molecule has 1 aliphatic rings. The Bertz CT molecular complexity index is 828. The number of hydrogen-bond donors (Lipinski definition) is 0. The minimum absolute atomic E-state index is 0.128. The first kappa shape index (κ1) is 18.4. The second-order valence-corrected chi connectivity index (χ2v) is 9.23. The molecule has 1 fully saturated rings. The maximum absolute atomic E-state index is 13.8. The third kappa shape index (κ3) is 4.59. The Kier molecular flexibility index (Phi) is 5.76. The van der Waals surface area contributed by atoms with Crippen LogP contribution in [0.25, 0.3) is 0 Å². The van der Waals surface area contributed by atoms with Crippen molar-refractivity contribution in [3.05, 3.63) is 71.3 Å². The van der Waals surface area contributed by atoms with Crippen LogP contribution in [0.1, 0.15) is 22.8 Å². The zero-order valence-corrected chi connectivity index (χ0v) is 15.2. The van der Waals surface area contributed by atoms with Crippen LogP contribution < -0.4 is 0 Å². The van der Waals surface area contributed by atoms with Crippen LogP contribution in [0, 0.1) is 11.6 Å². The van der Waals surface area contributed by atoms with E-state index in [0.717, 1.165) is 18.2 Å². The molecule has 0 spiro atoms. The molecule has 25 heavy (non-hydrogen) atoms. The Balaban J connectivity index is 1.72. The van der Waals surface area contributed by atoms with Gasteiger partial charge in [-0.3, -0.25) is 0 Å². The molecule has 1 atom stereocenters. The highest BCUT2D eigenvalue weighted by Crippen LogP contribution is 2.35. The van der Waals surface area contributed by atoms with Crippen LogP contribution >= 0.6 is 11.8 Å². The number of thioether (sulfide) groups is 1. The predicted octanol–water partition coefficient (Wildman–Crippen LogP) is 3.97. The first-order valence-corrected chi connectivity index (χ1v) is 10.7. The van der Waals surface area contributed by atoms with Gasteiger partial charge in [-0.1, -0.05) is 30.3 Å². The zero-order chi connectivity index (χ0) is 17.9. The lowest BCUT2D eigenvalue weighted by atomic mass is 10.1. The molecule has 0 N–H and O–H groups in total. The normalized spacial score (nSPS) is 19.5. The monoisotopic (exact) mass is 383 g/mol. The molecule has 134 valence electrons. The second kappa shape index (κ2) is 7.85. The average Bonchev–Trinajstić information content (AvgIpc) is 2.85. The Labute approximate surface area is 151 Å². The number of hydrogen-bond acceptors (Lipinski definition) is 3. The van der Waals surface area contributed by atoms with Gasteiger partial charge in [-0.15, -0.1) is 0 Å². The average molecular weight is 383 g/mol. The summed E-state index contributed by atoms with van der Waals surface area (Å²) < 4.78 is 53.7. The van der Waals surface area contributed by atoms with Gasteiger partial charge in [0.15, 0.2) is 0 Å². The fourth-order valence-corrected chi connectivity index (χ4v) is 5.80. The van der Waals surface area contributed by atoms with Crippen LogP contribution in [0.2, 0.25) is 0 Å². The van der Waals surface area contributed by atoms with Crippen molar-refractivity contribution in [1.82, 2.24) is 4.31 Å². The van der Waals surface area contributed by atoms with Gasteiger partial charge in [0.05, 0.1) is 5.75 Å². The Morgan fingerprint density at radius 3 is 2.60 bits per heavy atom. The van der Waals surface area contributed by atoms with Crippen LogP contribution in [0.15, 0.2) is 48.5 Å². The lowest BCUT2D eigenvalue weighted by molar-refractivity contribution is 0.426. The van der Waals surface area contributed by atoms with Gasteiger partial charge in [-0.05, 0) is 30.2 Å². The van der Waals surface area contributed by atoms with Gasteiger partial charge in [0.2, 0.25) is 10.0 Å². The van der Waals surface area contributed by atoms with Crippen molar-refractivity contribution in [2.45, 2.75) is 17.4 Å². The van der Waals surface area contributed by atoms with E-state index in [2.05, 4.69) is 0 Å². The van der Waals surface area contributed by atoms with Crippen LogP contribution in [0.5, 0.6) is 0 Å². The van der Waals surface area contributed by atoms with Crippen molar-refractivity contribution in [2.24, 2.45) is 0 Å². The largest absolute Gasteiger partial charge is 0.218 e. The summed E-state index contributed by atoms with van der Waals surface area (Å²) >= 11 is 1.73. The lowest BCUT2D eigenvalue weighted by Gasteiger charge is -2.20. The van der Waals surface area contributed by atoms with Crippen LogP contribution in [-0.2, 0) is 15.8 Å². The number of benzene rings is 2. The molecule has 1 aliphatic heterocycles. The fourth-order valence-electron chi connectivity index (χ4n) is 2.90. The Hall–Kier alpha value is -1.44. The van der Waals surface area contributed by atoms with E-state index in [-0.39, 0.29) is 10.8 Å². The molecule has 0 aliphatic carbocycles. The molecule has 0 saturated carbocycles. The Morgan fingerprint density at radius 1 is 1.08 bits per heavy atom. The summed E-state index contributed by atoms with van der Waals surface area (Å²) in [5.74, 6) is -1.18. The van der Waals surface area contributed by atoms with Crippen molar-refractivity contribution < 1.29 is 17.2 Å². The van der Waals surface area contributed by atoms with Gasteiger partial charge in [0, 0.05) is 29.7 Å². The molecule has 3 rings (SSSR count). The lowest BCUT2D eigenvalue weighted by Crippen LogP contribution is -2.34. The third-order valence-corrected chi connectivity index (χ3v) is 7.37. The van der Waals surface area contributed by atoms with E-state index in [1.54, 1.807) is 11.8 Å². The van der Waals surface area contributed by atoms with E-state index >= 15 is 0 Å². The van der Waals surface area contributed by atoms with Gasteiger partial charge in [-0.25, -0.2) is 21.5 Å². The summed E-state index contributed by atoms with van der Waals surface area (Å²) in [6.07, 6.45) is 0.694. The standard InChI is InChI=1S/C18H19F2NO2S2/c19-16-6-7-17(20)15(12-16)13-25(22,23)21-9-8-18(24-11-10-21)14-4-2-1-3-5-14/h1-7,12,18H,8-11,13H2. The Morgan fingerprint density at radius 2 is 1.84 bits per heavy atom. The first-order valence-electron chi connectivity index (χ1n) is 8.04. The summed E-state index contributed by atoms with van der Waals surface area (Å²) in [7, 11) is -3.69. The summed E-state index contributed by atoms with van der Waals surface area (Å²) in [5.41, 5.74) is 1.06. The van der Waals surface area contributed by atoms with Gasteiger partial charge in [-0.2, -0.15) is 11.8 Å². The van der Waals surface area contributed by atoms with Crippen LogP contribution in [0.4, 0.5) is 8.78 Å². The van der Waals surface area contributed by atoms with Crippen LogP contribution in [0.3, 0.4) is 0 Å². The van der Waals surface area contributed by atoms with Crippen molar-refractivity contribution >= 4 is 21.8 Å². The van der Waals surface area contributed by atoms with Gasteiger partial charge in [0.25, 0.3) is 0 Å². The molecule has 0 bridgehead atoms. The van der Waals surface area contributed by atoms with Crippen molar-refractivity contribution in [1.29, 1.82) is 0 Å². The predicted molar refractivity (Wildman–Crippen MR) is 96.8 cm³/mol. The summed E-state index contributed by atoms with van der Waals surface area (Å²) in [6.45, 7) is 0.763. The van der Waals surface area contributed by atoms with Crippen molar-refractivity contribution in [3.8, 4) is 0 Å². The highest BCUT2D eigenvalue weighted by atomic mass is 32.2. The topological polar surface area (TPSA) is 37.4 Å². The first-order chi connectivity index (χ1) is 12.0. The van der Waals surface area contributed by atoms with E-state index in [1.165, 1.54) is 9.87 Å². The van der Waals surface area contributed by atoms with E-state index in [1.807, 2.05) is 30.3 Å². The molecule has 0 radical (unpaired) electrons. The third-order valence-electron chi connectivity index (χ3n) is 4.21. The summed E-state index contributed by atoms with van der Waals surface area (Å²) in [6, 6.07) is 12.9. The molecule has 7 heteroatoms. The molecule has 1 heterocycles. The molecular formula is C18H19F2NO2S2.